The Morgan fingerprint density at radius 3 is 2.94 bits per heavy atom. The standard InChI is InChI=1S/C13H16N4O/c14-7-9-3-4-11(15)12(6-9)17-5-1-2-10(8-17)13(16)18/h3-4,6,10H,1-2,5,8,15H2,(H2,16,18). The van der Waals surface area contributed by atoms with Crippen LogP contribution in [0.25, 0.3) is 0 Å². The summed E-state index contributed by atoms with van der Waals surface area (Å²) in [7, 11) is 0. The van der Waals surface area contributed by atoms with Gasteiger partial charge in [-0.05, 0) is 31.0 Å². The van der Waals surface area contributed by atoms with E-state index in [9.17, 15) is 4.79 Å². The molecule has 1 heterocycles. The Hall–Kier alpha value is -2.22. The fourth-order valence-electron chi connectivity index (χ4n) is 2.32. The highest BCUT2D eigenvalue weighted by Gasteiger charge is 2.25. The molecule has 0 bridgehead atoms. The molecule has 1 aromatic carbocycles. The summed E-state index contributed by atoms with van der Waals surface area (Å²) in [6.07, 6.45) is 1.73. The average Bonchev–Trinajstić information content (AvgIpc) is 2.39. The summed E-state index contributed by atoms with van der Waals surface area (Å²) in [5.74, 6) is -0.404. The van der Waals surface area contributed by atoms with Crippen molar-refractivity contribution < 1.29 is 4.79 Å². The number of piperidine rings is 1. The minimum atomic E-state index is -0.269. The number of nitrogens with zero attached hydrogens (tertiary/aromatic N) is 2. The third kappa shape index (κ3) is 2.38. The molecule has 1 unspecified atom stereocenters. The number of benzene rings is 1. The lowest BCUT2D eigenvalue weighted by Gasteiger charge is -2.33. The number of hydrogen-bond acceptors (Lipinski definition) is 4. The summed E-state index contributed by atoms with van der Waals surface area (Å²) in [6, 6.07) is 7.27. The lowest BCUT2D eigenvalue weighted by atomic mass is 9.96. The highest BCUT2D eigenvalue weighted by atomic mass is 16.1. The molecule has 4 N–H and O–H groups in total. The second-order valence-corrected chi connectivity index (χ2v) is 4.57. The SMILES string of the molecule is N#Cc1ccc(N)c(N2CCCC(C(N)=O)C2)c1. The van der Waals surface area contributed by atoms with Crippen molar-refractivity contribution in [2.45, 2.75) is 12.8 Å². The van der Waals surface area contributed by atoms with Crippen LogP contribution in [0.4, 0.5) is 11.4 Å². The second-order valence-electron chi connectivity index (χ2n) is 4.57. The smallest absolute Gasteiger partial charge is 0.222 e. The first-order chi connectivity index (χ1) is 8.61. The van der Waals surface area contributed by atoms with Crippen molar-refractivity contribution in [1.82, 2.24) is 0 Å². The molecule has 2 rings (SSSR count). The molecular formula is C13H16N4O. The Kier molecular flexibility index (Phi) is 3.38. The average molecular weight is 244 g/mol. The molecular weight excluding hydrogens is 228 g/mol. The topological polar surface area (TPSA) is 96.1 Å². The van der Waals surface area contributed by atoms with Gasteiger partial charge in [-0.15, -0.1) is 0 Å². The van der Waals surface area contributed by atoms with Crippen molar-refractivity contribution in [3.05, 3.63) is 23.8 Å². The van der Waals surface area contributed by atoms with Gasteiger partial charge in [0.15, 0.2) is 0 Å². The number of nitrogen functional groups attached to an aromatic ring is 1. The van der Waals surface area contributed by atoms with Gasteiger partial charge < -0.3 is 16.4 Å². The molecule has 1 aliphatic rings. The number of hydrogen-bond donors (Lipinski definition) is 2. The Bertz CT molecular complexity index is 506. The van der Waals surface area contributed by atoms with Gasteiger partial charge in [0, 0.05) is 13.1 Å². The molecule has 0 aromatic heterocycles. The Morgan fingerprint density at radius 1 is 1.50 bits per heavy atom. The van der Waals surface area contributed by atoms with Gasteiger partial charge in [-0.25, -0.2) is 0 Å². The summed E-state index contributed by atoms with van der Waals surface area (Å²) in [4.78, 5) is 13.3. The maximum atomic E-state index is 11.3. The van der Waals surface area contributed by atoms with Crippen LogP contribution >= 0.6 is 0 Å². The summed E-state index contributed by atoms with van der Waals surface area (Å²) in [5, 5.41) is 8.91. The van der Waals surface area contributed by atoms with Crippen LogP contribution in [0.5, 0.6) is 0 Å². The quantitative estimate of drug-likeness (QED) is 0.753. The number of amides is 1. The van der Waals surface area contributed by atoms with Crippen molar-refractivity contribution in [3.8, 4) is 6.07 Å². The van der Waals surface area contributed by atoms with Crippen LogP contribution in [-0.4, -0.2) is 19.0 Å². The first-order valence-electron chi connectivity index (χ1n) is 5.95. The summed E-state index contributed by atoms with van der Waals surface area (Å²) >= 11 is 0. The van der Waals surface area contributed by atoms with Gasteiger partial charge >= 0.3 is 0 Å². The van der Waals surface area contributed by atoms with E-state index >= 15 is 0 Å². The lowest BCUT2D eigenvalue weighted by Crippen LogP contribution is -2.41. The molecule has 0 saturated carbocycles. The van der Waals surface area contributed by atoms with E-state index < -0.39 is 0 Å². The minimum absolute atomic E-state index is 0.135. The molecule has 1 saturated heterocycles. The molecule has 0 spiro atoms. The highest BCUT2D eigenvalue weighted by Crippen LogP contribution is 2.28. The monoisotopic (exact) mass is 244 g/mol. The fraction of sp³-hybridized carbons (Fsp3) is 0.385. The van der Waals surface area contributed by atoms with Gasteiger partial charge in [0.1, 0.15) is 0 Å². The van der Waals surface area contributed by atoms with Gasteiger partial charge in [0.2, 0.25) is 5.91 Å². The third-order valence-corrected chi connectivity index (χ3v) is 3.32. The van der Waals surface area contributed by atoms with Gasteiger partial charge in [0.05, 0.1) is 28.9 Å². The predicted octanol–water partition coefficient (Wildman–Crippen LogP) is 0.842. The molecule has 94 valence electrons. The van der Waals surface area contributed by atoms with Gasteiger partial charge in [-0.2, -0.15) is 5.26 Å². The molecule has 0 aliphatic carbocycles. The van der Waals surface area contributed by atoms with Crippen LogP contribution < -0.4 is 16.4 Å². The predicted molar refractivity (Wildman–Crippen MR) is 69.7 cm³/mol. The van der Waals surface area contributed by atoms with Crippen molar-refractivity contribution >= 4 is 17.3 Å². The first-order valence-corrected chi connectivity index (χ1v) is 5.95. The van der Waals surface area contributed by atoms with Crippen molar-refractivity contribution in [2.24, 2.45) is 11.7 Å². The van der Waals surface area contributed by atoms with Crippen molar-refractivity contribution in [2.75, 3.05) is 23.7 Å². The summed E-state index contributed by atoms with van der Waals surface area (Å²) in [6.45, 7) is 1.41. The summed E-state index contributed by atoms with van der Waals surface area (Å²) < 4.78 is 0. The molecule has 5 heteroatoms. The zero-order valence-corrected chi connectivity index (χ0v) is 10.1. The Balaban J connectivity index is 2.25. The summed E-state index contributed by atoms with van der Waals surface area (Å²) in [5.41, 5.74) is 13.3. The molecule has 0 radical (unpaired) electrons. The van der Waals surface area contributed by atoms with E-state index in [4.69, 9.17) is 16.7 Å². The van der Waals surface area contributed by atoms with Crippen LogP contribution in [0, 0.1) is 17.2 Å². The molecule has 18 heavy (non-hydrogen) atoms. The van der Waals surface area contributed by atoms with Crippen LogP contribution in [0.3, 0.4) is 0 Å². The molecule has 1 aromatic rings. The van der Waals surface area contributed by atoms with Crippen LogP contribution in [-0.2, 0) is 4.79 Å². The normalized spacial score (nSPS) is 19.3. The van der Waals surface area contributed by atoms with Gasteiger partial charge in [-0.3, -0.25) is 4.79 Å². The first kappa shape index (κ1) is 12.2. The number of nitrogens with two attached hydrogens (primary N) is 2. The van der Waals surface area contributed by atoms with E-state index in [1.165, 1.54) is 0 Å². The number of carbonyl (C=O) groups excluding carboxylic acids is 1. The van der Waals surface area contributed by atoms with Crippen LogP contribution in [0.2, 0.25) is 0 Å². The van der Waals surface area contributed by atoms with Crippen molar-refractivity contribution in [1.29, 1.82) is 5.26 Å². The van der Waals surface area contributed by atoms with Gasteiger partial charge in [-0.1, -0.05) is 0 Å². The molecule has 1 aliphatic heterocycles. The van der Waals surface area contributed by atoms with E-state index in [2.05, 4.69) is 6.07 Å². The third-order valence-electron chi connectivity index (χ3n) is 3.32. The Labute approximate surface area is 106 Å². The molecule has 5 nitrogen and oxygen atoms in total. The van der Waals surface area contributed by atoms with Crippen LogP contribution in [0.15, 0.2) is 18.2 Å². The maximum absolute atomic E-state index is 11.3. The number of rotatable bonds is 2. The van der Waals surface area contributed by atoms with E-state index in [0.717, 1.165) is 25.1 Å². The van der Waals surface area contributed by atoms with E-state index in [1.807, 2.05) is 4.90 Å². The maximum Gasteiger partial charge on any atom is 0.222 e. The van der Waals surface area contributed by atoms with E-state index in [1.54, 1.807) is 18.2 Å². The lowest BCUT2D eigenvalue weighted by molar-refractivity contribution is -0.122. The zero-order chi connectivity index (χ0) is 13.1. The number of anilines is 2. The number of nitriles is 1. The fourth-order valence-corrected chi connectivity index (χ4v) is 2.32. The van der Waals surface area contributed by atoms with E-state index in [0.29, 0.717) is 17.8 Å². The zero-order valence-electron chi connectivity index (χ0n) is 10.1. The minimum Gasteiger partial charge on any atom is -0.397 e. The number of primary amides is 1. The Morgan fingerprint density at radius 2 is 2.28 bits per heavy atom. The molecule has 1 amide bonds. The molecule has 1 atom stereocenters. The molecule has 1 fully saturated rings. The largest absolute Gasteiger partial charge is 0.397 e. The van der Waals surface area contributed by atoms with Gasteiger partial charge in [0.25, 0.3) is 0 Å². The van der Waals surface area contributed by atoms with Crippen LogP contribution in [0.1, 0.15) is 18.4 Å². The van der Waals surface area contributed by atoms with E-state index in [-0.39, 0.29) is 11.8 Å². The van der Waals surface area contributed by atoms with Crippen molar-refractivity contribution in [3.63, 3.8) is 0 Å². The number of carbonyl (C=O) groups is 1. The second kappa shape index (κ2) is 4.96. The highest BCUT2D eigenvalue weighted by molar-refractivity contribution is 5.78.